The molecule has 2 rings (SSSR count). The number of rotatable bonds is 3. The van der Waals surface area contributed by atoms with Crippen molar-refractivity contribution < 1.29 is 0 Å². The highest BCUT2D eigenvalue weighted by atomic mass is 35.5. The molecule has 1 N–H and O–H groups in total. The summed E-state index contributed by atoms with van der Waals surface area (Å²) in [5.41, 5.74) is 4.29. The number of halogens is 3. The van der Waals surface area contributed by atoms with Gasteiger partial charge >= 0.3 is 0 Å². The van der Waals surface area contributed by atoms with Crippen molar-refractivity contribution >= 4 is 40.5 Å². The van der Waals surface area contributed by atoms with Gasteiger partial charge in [-0.25, -0.2) is 0 Å². The fourth-order valence-electron chi connectivity index (χ4n) is 2.00. The first kappa shape index (κ1) is 14.5. The lowest BCUT2D eigenvalue weighted by molar-refractivity contribution is 1.14. The molecule has 0 aromatic heterocycles. The minimum absolute atomic E-state index is 0.506. The molecule has 0 fully saturated rings. The van der Waals surface area contributed by atoms with Gasteiger partial charge in [0, 0.05) is 22.8 Å². The normalized spacial score (nSPS) is 10.6. The summed E-state index contributed by atoms with van der Waals surface area (Å²) >= 11 is 18.3. The van der Waals surface area contributed by atoms with Crippen molar-refractivity contribution in [3.8, 4) is 0 Å². The first-order chi connectivity index (χ1) is 8.97. The molecule has 0 heterocycles. The largest absolute Gasteiger partial charge is 0.381 e. The van der Waals surface area contributed by atoms with Gasteiger partial charge in [0.15, 0.2) is 0 Å². The Balaban J connectivity index is 2.21. The van der Waals surface area contributed by atoms with Crippen LogP contribution < -0.4 is 5.32 Å². The van der Waals surface area contributed by atoms with E-state index in [0.29, 0.717) is 21.6 Å². The molecule has 0 amide bonds. The number of hydrogen-bond donors (Lipinski definition) is 1. The van der Waals surface area contributed by atoms with Crippen molar-refractivity contribution in [2.45, 2.75) is 20.4 Å². The molecule has 0 unspecified atom stereocenters. The van der Waals surface area contributed by atoms with Crippen LogP contribution in [0.1, 0.15) is 16.7 Å². The van der Waals surface area contributed by atoms with Gasteiger partial charge in [0.25, 0.3) is 0 Å². The average molecular weight is 315 g/mol. The highest BCUT2D eigenvalue weighted by molar-refractivity contribution is 6.44. The van der Waals surface area contributed by atoms with Crippen molar-refractivity contribution in [2.75, 3.05) is 5.32 Å². The first-order valence-electron chi connectivity index (χ1n) is 5.92. The van der Waals surface area contributed by atoms with E-state index in [1.807, 2.05) is 0 Å². The Bertz CT molecular complexity index is 588. The predicted molar refractivity (Wildman–Crippen MR) is 84.7 cm³/mol. The van der Waals surface area contributed by atoms with Crippen LogP contribution >= 0.6 is 34.8 Å². The minimum atomic E-state index is 0.506. The SMILES string of the molecule is Cc1cc(C)cc(NCc2c(Cl)ccc(Cl)c2Cl)c1. The first-order valence-corrected chi connectivity index (χ1v) is 7.05. The van der Waals surface area contributed by atoms with E-state index in [-0.39, 0.29) is 0 Å². The Morgan fingerprint density at radius 2 is 1.47 bits per heavy atom. The third-order valence-corrected chi connectivity index (χ3v) is 4.03. The number of anilines is 1. The summed E-state index contributed by atoms with van der Waals surface area (Å²) in [5.74, 6) is 0. The van der Waals surface area contributed by atoms with Gasteiger partial charge in [-0.05, 0) is 49.2 Å². The van der Waals surface area contributed by atoms with Gasteiger partial charge in [0.1, 0.15) is 0 Å². The Kier molecular flexibility index (Phi) is 4.62. The summed E-state index contributed by atoms with van der Waals surface area (Å²) in [4.78, 5) is 0. The molecule has 0 aliphatic rings. The van der Waals surface area contributed by atoms with E-state index in [2.05, 4.69) is 37.4 Å². The van der Waals surface area contributed by atoms with Crippen LogP contribution in [0.15, 0.2) is 30.3 Å². The Morgan fingerprint density at radius 3 is 2.11 bits per heavy atom. The summed E-state index contributed by atoms with van der Waals surface area (Å²) in [6.07, 6.45) is 0. The molecule has 0 spiro atoms. The molecule has 2 aromatic carbocycles. The lowest BCUT2D eigenvalue weighted by Gasteiger charge is -2.12. The van der Waals surface area contributed by atoms with Gasteiger partial charge in [0.2, 0.25) is 0 Å². The second-order valence-electron chi connectivity index (χ2n) is 4.55. The van der Waals surface area contributed by atoms with Crippen molar-refractivity contribution in [3.05, 3.63) is 62.1 Å². The Labute approximate surface area is 128 Å². The van der Waals surface area contributed by atoms with Gasteiger partial charge in [-0.15, -0.1) is 0 Å². The topological polar surface area (TPSA) is 12.0 Å². The third kappa shape index (κ3) is 3.56. The minimum Gasteiger partial charge on any atom is -0.381 e. The molecule has 0 bridgehead atoms. The molecule has 4 heteroatoms. The van der Waals surface area contributed by atoms with Crippen LogP contribution in [-0.4, -0.2) is 0 Å². The Hall–Kier alpha value is -0.890. The highest BCUT2D eigenvalue weighted by Gasteiger charge is 2.09. The fraction of sp³-hybridized carbons (Fsp3) is 0.200. The number of hydrogen-bond acceptors (Lipinski definition) is 1. The molecule has 0 aliphatic carbocycles. The van der Waals surface area contributed by atoms with E-state index in [9.17, 15) is 0 Å². The zero-order valence-corrected chi connectivity index (χ0v) is 13.0. The lowest BCUT2D eigenvalue weighted by Crippen LogP contribution is -2.01. The smallest absolute Gasteiger partial charge is 0.0657 e. The molecule has 0 aliphatic heterocycles. The maximum Gasteiger partial charge on any atom is 0.0657 e. The van der Waals surface area contributed by atoms with E-state index in [0.717, 1.165) is 11.3 Å². The van der Waals surface area contributed by atoms with Gasteiger partial charge in [0.05, 0.1) is 10.0 Å². The molecule has 100 valence electrons. The predicted octanol–water partition coefficient (Wildman–Crippen LogP) is 5.88. The van der Waals surface area contributed by atoms with Gasteiger partial charge in [-0.1, -0.05) is 40.9 Å². The monoisotopic (exact) mass is 313 g/mol. The molecule has 0 saturated carbocycles. The van der Waals surface area contributed by atoms with Gasteiger partial charge in [-0.3, -0.25) is 0 Å². The third-order valence-electron chi connectivity index (χ3n) is 2.83. The van der Waals surface area contributed by atoms with Crippen molar-refractivity contribution in [1.82, 2.24) is 0 Å². The molecule has 2 aromatic rings. The van der Waals surface area contributed by atoms with Crippen LogP contribution in [-0.2, 0) is 6.54 Å². The van der Waals surface area contributed by atoms with Crippen LogP contribution in [0.2, 0.25) is 15.1 Å². The summed E-state index contributed by atoms with van der Waals surface area (Å²) in [5, 5.41) is 4.96. The molecule has 0 radical (unpaired) electrons. The summed E-state index contributed by atoms with van der Waals surface area (Å²) in [6, 6.07) is 9.75. The molecular formula is C15H14Cl3N. The number of benzene rings is 2. The standard InChI is InChI=1S/C15H14Cl3N/c1-9-5-10(2)7-11(6-9)19-8-12-13(16)3-4-14(17)15(12)18/h3-7,19H,8H2,1-2H3. The van der Waals surface area contributed by atoms with E-state index in [1.165, 1.54) is 11.1 Å². The second kappa shape index (κ2) is 6.04. The van der Waals surface area contributed by atoms with Crippen LogP contribution in [0.4, 0.5) is 5.69 Å². The summed E-state index contributed by atoms with van der Waals surface area (Å²) < 4.78 is 0. The van der Waals surface area contributed by atoms with Crippen molar-refractivity contribution in [1.29, 1.82) is 0 Å². The van der Waals surface area contributed by atoms with E-state index < -0.39 is 0 Å². The fourth-order valence-corrected chi connectivity index (χ4v) is 2.68. The van der Waals surface area contributed by atoms with Gasteiger partial charge < -0.3 is 5.32 Å². The van der Waals surface area contributed by atoms with Crippen molar-refractivity contribution in [2.24, 2.45) is 0 Å². The van der Waals surface area contributed by atoms with Crippen molar-refractivity contribution in [3.63, 3.8) is 0 Å². The number of aryl methyl sites for hydroxylation is 2. The molecule has 0 saturated heterocycles. The zero-order valence-electron chi connectivity index (χ0n) is 10.7. The molecule has 19 heavy (non-hydrogen) atoms. The van der Waals surface area contributed by atoms with Gasteiger partial charge in [-0.2, -0.15) is 0 Å². The molecule has 0 atom stereocenters. The van der Waals surface area contributed by atoms with Crippen LogP contribution in [0.3, 0.4) is 0 Å². The maximum absolute atomic E-state index is 6.17. The average Bonchev–Trinajstić information content (AvgIpc) is 2.33. The lowest BCUT2D eigenvalue weighted by atomic mass is 10.1. The summed E-state index contributed by atoms with van der Waals surface area (Å²) in [6.45, 7) is 4.68. The van der Waals surface area contributed by atoms with E-state index in [4.69, 9.17) is 34.8 Å². The summed E-state index contributed by atoms with van der Waals surface area (Å²) in [7, 11) is 0. The second-order valence-corrected chi connectivity index (χ2v) is 5.74. The molecular weight excluding hydrogens is 301 g/mol. The van der Waals surface area contributed by atoms with E-state index in [1.54, 1.807) is 12.1 Å². The Morgan fingerprint density at radius 1 is 0.895 bits per heavy atom. The zero-order chi connectivity index (χ0) is 14.0. The molecule has 1 nitrogen and oxygen atoms in total. The number of nitrogens with one attached hydrogen (secondary N) is 1. The quantitative estimate of drug-likeness (QED) is 0.698. The van der Waals surface area contributed by atoms with Crippen LogP contribution in [0.25, 0.3) is 0 Å². The highest BCUT2D eigenvalue weighted by Crippen LogP contribution is 2.32. The van der Waals surface area contributed by atoms with E-state index >= 15 is 0 Å². The maximum atomic E-state index is 6.17. The van der Waals surface area contributed by atoms with Crippen LogP contribution in [0, 0.1) is 13.8 Å². The van der Waals surface area contributed by atoms with Crippen LogP contribution in [0.5, 0.6) is 0 Å².